The second-order valence-corrected chi connectivity index (χ2v) is 3.57. The quantitative estimate of drug-likeness (QED) is 0.768. The molecular formula is C12H17NO3. The smallest absolute Gasteiger partial charge is 0.170 e. The van der Waals surface area contributed by atoms with Gasteiger partial charge in [0, 0.05) is 12.5 Å². The Morgan fingerprint density at radius 1 is 1.38 bits per heavy atom. The monoisotopic (exact) mass is 223 g/mol. The van der Waals surface area contributed by atoms with Crippen molar-refractivity contribution in [2.45, 2.75) is 6.92 Å². The maximum atomic E-state index is 12.0. The van der Waals surface area contributed by atoms with Crippen molar-refractivity contribution in [1.82, 2.24) is 0 Å². The molecule has 1 aromatic carbocycles. The SMILES string of the molecule is COc1ccc(OC)c(C(=O)C(C)CN)c1. The Balaban J connectivity index is 3.13. The van der Waals surface area contributed by atoms with Gasteiger partial charge in [0.15, 0.2) is 5.78 Å². The van der Waals surface area contributed by atoms with E-state index in [1.165, 1.54) is 7.11 Å². The summed E-state index contributed by atoms with van der Waals surface area (Å²) in [5.41, 5.74) is 5.99. The van der Waals surface area contributed by atoms with Gasteiger partial charge in [-0.1, -0.05) is 6.92 Å². The van der Waals surface area contributed by atoms with Crippen LogP contribution in [0.15, 0.2) is 18.2 Å². The summed E-state index contributed by atoms with van der Waals surface area (Å²) in [4.78, 5) is 12.0. The van der Waals surface area contributed by atoms with Crippen molar-refractivity contribution < 1.29 is 14.3 Å². The molecular weight excluding hydrogens is 206 g/mol. The Morgan fingerprint density at radius 2 is 2.06 bits per heavy atom. The van der Waals surface area contributed by atoms with Crippen LogP contribution in [0.5, 0.6) is 11.5 Å². The molecule has 1 aromatic rings. The highest BCUT2D eigenvalue weighted by atomic mass is 16.5. The van der Waals surface area contributed by atoms with E-state index in [1.54, 1.807) is 32.2 Å². The van der Waals surface area contributed by atoms with Gasteiger partial charge in [-0.2, -0.15) is 0 Å². The number of Topliss-reactive ketones (excluding diaryl/α,β-unsaturated/α-hetero) is 1. The first-order valence-electron chi connectivity index (χ1n) is 5.10. The van der Waals surface area contributed by atoms with Crippen molar-refractivity contribution in [3.05, 3.63) is 23.8 Å². The molecule has 0 aliphatic rings. The molecule has 0 amide bonds. The van der Waals surface area contributed by atoms with Crippen LogP contribution in [0.2, 0.25) is 0 Å². The molecule has 2 N–H and O–H groups in total. The largest absolute Gasteiger partial charge is 0.497 e. The molecule has 1 atom stereocenters. The highest BCUT2D eigenvalue weighted by Crippen LogP contribution is 2.26. The van der Waals surface area contributed by atoms with Crippen molar-refractivity contribution in [1.29, 1.82) is 0 Å². The third kappa shape index (κ3) is 2.52. The van der Waals surface area contributed by atoms with E-state index in [1.807, 2.05) is 0 Å². The number of hydrogen-bond donors (Lipinski definition) is 1. The molecule has 88 valence electrons. The number of benzene rings is 1. The molecule has 0 radical (unpaired) electrons. The van der Waals surface area contributed by atoms with E-state index in [0.29, 0.717) is 23.6 Å². The van der Waals surface area contributed by atoms with Crippen LogP contribution in [0.25, 0.3) is 0 Å². The van der Waals surface area contributed by atoms with Gasteiger partial charge in [-0.05, 0) is 18.2 Å². The molecule has 0 saturated heterocycles. The number of carbonyl (C=O) groups is 1. The van der Waals surface area contributed by atoms with E-state index >= 15 is 0 Å². The van der Waals surface area contributed by atoms with Crippen LogP contribution >= 0.6 is 0 Å². The van der Waals surface area contributed by atoms with Gasteiger partial charge >= 0.3 is 0 Å². The van der Waals surface area contributed by atoms with Gasteiger partial charge in [-0.3, -0.25) is 4.79 Å². The average Bonchev–Trinajstić information content (AvgIpc) is 2.35. The summed E-state index contributed by atoms with van der Waals surface area (Å²) in [6.07, 6.45) is 0. The average molecular weight is 223 g/mol. The molecule has 0 aliphatic heterocycles. The first-order chi connectivity index (χ1) is 7.63. The van der Waals surface area contributed by atoms with Crippen LogP contribution < -0.4 is 15.2 Å². The fourth-order valence-electron chi connectivity index (χ4n) is 1.38. The van der Waals surface area contributed by atoms with Gasteiger partial charge < -0.3 is 15.2 Å². The van der Waals surface area contributed by atoms with E-state index in [9.17, 15) is 4.79 Å². The van der Waals surface area contributed by atoms with Crippen LogP contribution in [0.1, 0.15) is 17.3 Å². The highest BCUT2D eigenvalue weighted by Gasteiger charge is 2.18. The molecule has 0 spiro atoms. The number of carbonyl (C=O) groups excluding carboxylic acids is 1. The summed E-state index contributed by atoms with van der Waals surface area (Å²) >= 11 is 0. The number of ketones is 1. The summed E-state index contributed by atoms with van der Waals surface area (Å²) < 4.78 is 10.2. The predicted octanol–water partition coefficient (Wildman–Crippen LogP) is 1.48. The van der Waals surface area contributed by atoms with Gasteiger partial charge in [-0.25, -0.2) is 0 Å². The number of nitrogens with two attached hydrogens (primary N) is 1. The Morgan fingerprint density at radius 3 is 2.56 bits per heavy atom. The lowest BCUT2D eigenvalue weighted by atomic mass is 9.98. The first-order valence-corrected chi connectivity index (χ1v) is 5.10. The van der Waals surface area contributed by atoms with E-state index in [-0.39, 0.29) is 11.7 Å². The second-order valence-electron chi connectivity index (χ2n) is 3.57. The Kier molecular flexibility index (Phi) is 4.31. The minimum Gasteiger partial charge on any atom is -0.497 e. The summed E-state index contributed by atoms with van der Waals surface area (Å²) in [6, 6.07) is 5.14. The van der Waals surface area contributed by atoms with Crippen LogP contribution in [-0.2, 0) is 0 Å². The number of ether oxygens (including phenoxy) is 2. The summed E-state index contributed by atoms with van der Waals surface area (Å²) in [5, 5.41) is 0. The van der Waals surface area contributed by atoms with E-state index < -0.39 is 0 Å². The third-order valence-electron chi connectivity index (χ3n) is 2.47. The van der Waals surface area contributed by atoms with Gasteiger partial charge in [0.25, 0.3) is 0 Å². The van der Waals surface area contributed by atoms with Crippen molar-refractivity contribution in [3.63, 3.8) is 0 Å². The second kappa shape index (κ2) is 5.51. The molecule has 4 nitrogen and oxygen atoms in total. The number of hydrogen-bond acceptors (Lipinski definition) is 4. The summed E-state index contributed by atoms with van der Waals surface area (Å²) in [7, 11) is 3.09. The molecule has 1 rings (SSSR count). The van der Waals surface area contributed by atoms with Gasteiger partial charge in [0.1, 0.15) is 11.5 Å². The van der Waals surface area contributed by atoms with Crippen molar-refractivity contribution in [3.8, 4) is 11.5 Å². The molecule has 1 unspecified atom stereocenters. The summed E-state index contributed by atoms with van der Waals surface area (Å²) in [6.45, 7) is 2.11. The third-order valence-corrected chi connectivity index (χ3v) is 2.47. The van der Waals surface area contributed by atoms with Crippen LogP contribution in [0, 0.1) is 5.92 Å². The lowest BCUT2D eigenvalue weighted by Gasteiger charge is -2.12. The maximum Gasteiger partial charge on any atom is 0.170 e. The molecule has 0 saturated carbocycles. The Bertz CT molecular complexity index is 377. The number of methoxy groups -OCH3 is 2. The summed E-state index contributed by atoms with van der Waals surface area (Å²) in [5.74, 6) is 0.929. The molecule has 0 aromatic heterocycles. The molecule has 0 heterocycles. The minimum absolute atomic E-state index is 0.0294. The number of rotatable bonds is 5. The molecule has 16 heavy (non-hydrogen) atoms. The van der Waals surface area contributed by atoms with E-state index in [2.05, 4.69) is 0 Å². The first kappa shape index (κ1) is 12.5. The van der Waals surface area contributed by atoms with Crippen LogP contribution in [0.4, 0.5) is 0 Å². The van der Waals surface area contributed by atoms with Crippen LogP contribution in [0.3, 0.4) is 0 Å². The molecule has 0 bridgehead atoms. The van der Waals surface area contributed by atoms with Gasteiger partial charge in [-0.15, -0.1) is 0 Å². The lowest BCUT2D eigenvalue weighted by molar-refractivity contribution is 0.0931. The Hall–Kier alpha value is -1.55. The molecule has 0 aliphatic carbocycles. The fraction of sp³-hybridized carbons (Fsp3) is 0.417. The van der Waals surface area contributed by atoms with E-state index in [0.717, 1.165) is 0 Å². The fourth-order valence-corrected chi connectivity index (χ4v) is 1.38. The van der Waals surface area contributed by atoms with Crippen LogP contribution in [-0.4, -0.2) is 26.5 Å². The highest BCUT2D eigenvalue weighted by molar-refractivity contribution is 6.00. The lowest BCUT2D eigenvalue weighted by Crippen LogP contribution is -2.21. The zero-order chi connectivity index (χ0) is 12.1. The minimum atomic E-state index is -0.221. The topological polar surface area (TPSA) is 61.5 Å². The van der Waals surface area contributed by atoms with Crippen molar-refractivity contribution >= 4 is 5.78 Å². The maximum absolute atomic E-state index is 12.0. The van der Waals surface area contributed by atoms with Crippen molar-refractivity contribution in [2.75, 3.05) is 20.8 Å². The predicted molar refractivity (Wildman–Crippen MR) is 62.1 cm³/mol. The zero-order valence-corrected chi connectivity index (χ0v) is 9.82. The Labute approximate surface area is 95.3 Å². The molecule has 4 heteroatoms. The van der Waals surface area contributed by atoms with Gasteiger partial charge in [0.2, 0.25) is 0 Å². The zero-order valence-electron chi connectivity index (χ0n) is 9.82. The van der Waals surface area contributed by atoms with Gasteiger partial charge in [0.05, 0.1) is 19.8 Å². The molecule has 0 fully saturated rings. The van der Waals surface area contributed by atoms with E-state index in [4.69, 9.17) is 15.2 Å². The van der Waals surface area contributed by atoms with Crippen molar-refractivity contribution in [2.24, 2.45) is 11.7 Å². The standard InChI is InChI=1S/C12H17NO3/c1-8(7-13)12(14)10-6-9(15-2)4-5-11(10)16-3/h4-6,8H,7,13H2,1-3H3. The normalized spacial score (nSPS) is 12.0.